The van der Waals surface area contributed by atoms with Crippen LogP contribution in [0.1, 0.15) is 38.3 Å². The minimum absolute atomic E-state index is 0.118. The third-order valence-corrected chi connectivity index (χ3v) is 4.19. The second-order valence-electron chi connectivity index (χ2n) is 4.11. The highest BCUT2D eigenvalue weighted by Gasteiger charge is 2.17. The van der Waals surface area contributed by atoms with Crippen molar-refractivity contribution >= 4 is 10.0 Å². The van der Waals surface area contributed by atoms with Gasteiger partial charge in [0.25, 0.3) is 0 Å². The van der Waals surface area contributed by atoms with Crippen LogP contribution in [0.4, 0.5) is 0 Å². The van der Waals surface area contributed by atoms with E-state index < -0.39 is 10.0 Å². The zero-order chi connectivity index (χ0) is 13.4. The highest BCUT2D eigenvalue weighted by atomic mass is 32.2. The fraction of sp³-hybridized carbons (Fsp3) is 0.583. The Morgan fingerprint density at radius 3 is 2.78 bits per heavy atom. The highest BCUT2D eigenvalue weighted by molar-refractivity contribution is 7.89. The normalized spacial score (nSPS) is 11.7. The van der Waals surface area contributed by atoms with Crippen molar-refractivity contribution in [2.24, 2.45) is 5.73 Å². The topological polar surface area (TPSA) is 85.1 Å². The van der Waals surface area contributed by atoms with E-state index in [-0.39, 0.29) is 11.4 Å². The van der Waals surface area contributed by atoms with Crippen molar-refractivity contribution in [3.05, 3.63) is 24.0 Å². The van der Waals surface area contributed by atoms with Crippen molar-refractivity contribution in [2.45, 2.75) is 44.0 Å². The van der Waals surface area contributed by atoms with Crippen LogP contribution in [0, 0.1) is 0 Å². The molecule has 3 N–H and O–H groups in total. The zero-order valence-corrected chi connectivity index (χ0v) is 11.5. The Bertz CT molecular complexity index is 460. The van der Waals surface area contributed by atoms with Crippen LogP contribution >= 0.6 is 0 Å². The third-order valence-electron chi connectivity index (χ3n) is 2.65. The van der Waals surface area contributed by atoms with Gasteiger partial charge in [-0.3, -0.25) is 4.98 Å². The summed E-state index contributed by atoms with van der Waals surface area (Å²) in [6.07, 6.45) is 5.69. The number of hydrogen-bond donors (Lipinski definition) is 2. The molecule has 0 aliphatic rings. The number of nitrogens with two attached hydrogens (primary N) is 1. The van der Waals surface area contributed by atoms with E-state index in [1.165, 1.54) is 6.07 Å². The molecule has 5 nitrogen and oxygen atoms in total. The Morgan fingerprint density at radius 2 is 2.11 bits per heavy atom. The largest absolute Gasteiger partial charge is 0.325 e. The van der Waals surface area contributed by atoms with E-state index >= 15 is 0 Å². The molecular weight excluding hydrogens is 250 g/mol. The maximum atomic E-state index is 12.0. The first-order valence-corrected chi connectivity index (χ1v) is 7.73. The molecule has 1 aromatic rings. The molecule has 0 saturated heterocycles. The van der Waals surface area contributed by atoms with Crippen LogP contribution in [0.2, 0.25) is 0 Å². The Kier molecular flexibility index (Phi) is 6.24. The summed E-state index contributed by atoms with van der Waals surface area (Å²) < 4.78 is 26.7. The number of nitrogens with zero attached hydrogens (tertiary/aromatic N) is 1. The summed E-state index contributed by atoms with van der Waals surface area (Å²) in [7, 11) is -3.48. The molecule has 0 fully saturated rings. The highest BCUT2D eigenvalue weighted by Crippen LogP contribution is 2.12. The summed E-state index contributed by atoms with van der Waals surface area (Å²) in [5.41, 5.74) is 5.89. The van der Waals surface area contributed by atoms with Gasteiger partial charge in [-0.2, -0.15) is 0 Å². The molecule has 0 radical (unpaired) electrons. The molecule has 0 spiro atoms. The fourth-order valence-electron chi connectivity index (χ4n) is 1.66. The summed E-state index contributed by atoms with van der Waals surface area (Å²) in [5, 5.41) is 0. The first kappa shape index (κ1) is 15.1. The van der Waals surface area contributed by atoms with Gasteiger partial charge in [0.05, 0.1) is 5.69 Å². The fourth-order valence-corrected chi connectivity index (χ4v) is 2.93. The predicted octanol–water partition coefficient (Wildman–Crippen LogP) is 1.40. The summed E-state index contributed by atoms with van der Waals surface area (Å²) in [4.78, 5) is 4.16. The van der Waals surface area contributed by atoms with Gasteiger partial charge in [0.2, 0.25) is 10.0 Å². The Labute approximate surface area is 109 Å². The van der Waals surface area contributed by atoms with Crippen LogP contribution in [-0.2, 0) is 16.6 Å². The Morgan fingerprint density at radius 1 is 1.33 bits per heavy atom. The monoisotopic (exact) mass is 271 g/mol. The molecule has 0 amide bonds. The average molecular weight is 271 g/mol. The van der Waals surface area contributed by atoms with Gasteiger partial charge >= 0.3 is 0 Å². The summed E-state index contributed by atoms with van der Waals surface area (Å²) in [5.74, 6) is 0. The zero-order valence-electron chi connectivity index (χ0n) is 10.7. The minimum atomic E-state index is -3.48. The lowest BCUT2D eigenvalue weighted by atomic mass is 10.2. The van der Waals surface area contributed by atoms with E-state index in [2.05, 4.69) is 16.6 Å². The predicted molar refractivity (Wildman–Crippen MR) is 71.5 cm³/mol. The van der Waals surface area contributed by atoms with Crippen LogP contribution in [-0.4, -0.2) is 19.9 Å². The molecule has 0 bridgehead atoms. The lowest BCUT2D eigenvalue weighted by Crippen LogP contribution is -2.26. The molecule has 1 rings (SSSR count). The van der Waals surface area contributed by atoms with E-state index in [9.17, 15) is 8.42 Å². The number of hydrogen-bond acceptors (Lipinski definition) is 4. The van der Waals surface area contributed by atoms with E-state index in [4.69, 9.17) is 5.73 Å². The van der Waals surface area contributed by atoms with Crippen molar-refractivity contribution in [1.29, 1.82) is 0 Å². The first-order valence-electron chi connectivity index (χ1n) is 6.25. The average Bonchev–Trinajstić information content (AvgIpc) is 2.38. The Balaban J connectivity index is 2.63. The van der Waals surface area contributed by atoms with Gasteiger partial charge in [-0.05, 0) is 18.6 Å². The number of sulfonamides is 1. The van der Waals surface area contributed by atoms with Gasteiger partial charge in [-0.1, -0.05) is 26.2 Å². The van der Waals surface area contributed by atoms with E-state index in [1.54, 1.807) is 12.3 Å². The molecule has 102 valence electrons. The van der Waals surface area contributed by atoms with Gasteiger partial charge in [0, 0.05) is 19.3 Å². The van der Waals surface area contributed by atoms with Crippen molar-refractivity contribution in [3.63, 3.8) is 0 Å². The molecule has 1 heterocycles. The number of unbranched alkanes of at least 4 members (excludes halogenated alkanes) is 3. The van der Waals surface area contributed by atoms with Gasteiger partial charge in [-0.25, -0.2) is 13.1 Å². The molecule has 0 unspecified atom stereocenters. The molecule has 0 saturated carbocycles. The second kappa shape index (κ2) is 7.45. The molecule has 6 heteroatoms. The number of aromatic nitrogens is 1. The van der Waals surface area contributed by atoms with Crippen LogP contribution in [0.5, 0.6) is 0 Å². The molecule has 0 aliphatic carbocycles. The van der Waals surface area contributed by atoms with Gasteiger partial charge < -0.3 is 5.73 Å². The molecule has 0 aliphatic heterocycles. The van der Waals surface area contributed by atoms with Gasteiger partial charge in [0.15, 0.2) is 0 Å². The number of pyridine rings is 1. The van der Waals surface area contributed by atoms with Crippen LogP contribution in [0.25, 0.3) is 0 Å². The second-order valence-corrected chi connectivity index (χ2v) is 5.85. The van der Waals surface area contributed by atoms with E-state index in [1.807, 2.05) is 0 Å². The third kappa shape index (κ3) is 4.36. The molecule has 0 atom stereocenters. The SMILES string of the molecule is CCCCCCNS(=O)(=O)c1cccnc1CN. The van der Waals surface area contributed by atoms with Gasteiger partial charge in [0.1, 0.15) is 4.90 Å². The maximum absolute atomic E-state index is 12.0. The van der Waals surface area contributed by atoms with E-state index in [0.717, 1.165) is 25.7 Å². The maximum Gasteiger partial charge on any atom is 0.242 e. The number of rotatable bonds is 8. The lowest BCUT2D eigenvalue weighted by Gasteiger charge is -2.09. The first-order chi connectivity index (χ1) is 8.61. The summed E-state index contributed by atoms with van der Waals surface area (Å²) in [6, 6.07) is 3.13. The minimum Gasteiger partial charge on any atom is -0.325 e. The summed E-state index contributed by atoms with van der Waals surface area (Å²) in [6.45, 7) is 2.70. The smallest absolute Gasteiger partial charge is 0.242 e. The van der Waals surface area contributed by atoms with Gasteiger partial charge in [-0.15, -0.1) is 0 Å². The van der Waals surface area contributed by atoms with E-state index in [0.29, 0.717) is 12.2 Å². The molecular formula is C12H21N3O2S. The van der Waals surface area contributed by atoms with Crippen molar-refractivity contribution in [3.8, 4) is 0 Å². The molecule has 1 aromatic heterocycles. The molecule has 18 heavy (non-hydrogen) atoms. The van der Waals surface area contributed by atoms with Crippen LogP contribution in [0.15, 0.2) is 23.2 Å². The quantitative estimate of drug-likeness (QED) is 0.700. The van der Waals surface area contributed by atoms with Crippen molar-refractivity contribution < 1.29 is 8.42 Å². The number of nitrogens with one attached hydrogen (secondary N) is 1. The van der Waals surface area contributed by atoms with Crippen molar-refractivity contribution in [2.75, 3.05) is 6.54 Å². The summed E-state index contributed by atoms with van der Waals surface area (Å²) >= 11 is 0. The van der Waals surface area contributed by atoms with Crippen LogP contribution < -0.4 is 10.5 Å². The lowest BCUT2D eigenvalue weighted by molar-refractivity contribution is 0.571. The standard InChI is InChI=1S/C12H21N3O2S/c1-2-3-4-5-9-15-18(16,17)12-7-6-8-14-11(12)10-13/h6-8,15H,2-5,9-10,13H2,1H3. The Hall–Kier alpha value is -0.980. The van der Waals surface area contributed by atoms with Crippen molar-refractivity contribution in [1.82, 2.24) is 9.71 Å². The van der Waals surface area contributed by atoms with Crippen LogP contribution in [0.3, 0.4) is 0 Å². The molecule has 0 aromatic carbocycles.